The molecule has 38 heavy (non-hydrogen) atoms. The molecule has 1 atom stereocenters. The van der Waals surface area contributed by atoms with Crippen LogP contribution in [-0.2, 0) is 16.0 Å². The van der Waals surface area contributed by atoms with Gasteiger partial charge >= 0.3 is 5.97 Å². The van der Waals surface area contributed by atoms with Crippen molar-refractivity contribution < 1.29 is 19.5 Å². The maximum absolute atomic E-state index is 12.8. The van der Waals surface area contributed by atoms with Crippen molar-refractivity contribution in [3.8, 4) is 0 Å². The van der Waals surface area contributed by atoms with Gasteiger partial charge in [-0.1, -0.05) is 41.4 Å². The van der Waals surface area contributed by atoms with Crippen LogP contribution < -0.4 is 21.3 Å². The Morgan fingerprint density at radius 1 is 1.03 bits per heavy atom. The number of halogens is 2. The summed E-state index contributed by atoms with van der Waals surface area (Å²) in [4.78, 5) is 41.7. The third-order valence-electron chi connectivity index (χ3n) is 6.79. The molecular formula is C27H31Cl2N5O4. The minimum Gasteiger partial charge on any atom is -0.480 e. The Balaban J connectivity index is 1.28. The Morgan fingerprint density at radius 3 is 2.32 bits per heavy atom. The van der Waals surface area contributed by atoms with E-state index in [1.54, 1.807) is 30.3 Å². The average molecular weight is 560 g/mol. The number of hydrogen-bond donors (Lipinski definition) is 5. The van der Waals surface area contributed by atoms with Gasteiger partial charge in [-0.05, 0) is 61.9 Å². The van der Waals surface area contributed by atoms with Crippen molar-refractivity contribution in [2.75, 3.05) is 18.4 Å². The lowest BCUT2D eigenvalue weighted by atomic mass is 9.85. The molecule has 2 aliphatic rings. The summed E-state index contributed by atoms with van der Waals surface area (Å²) in [6, 6.07) is 10.7. The Labute approximate surface area is 231 Å². The Kier molecular flexibility index (Phi) is 9.47. The zero-order valence-electron chi connectivity index (χ0n) is 20.8. The first-order chi connectivity index (χ1) is 18.3. The van der Waals surface area contributed by atoms with E-state index >= 15 is 0 Å². The van der Waals surface area contributed by atoms with Crippen LogP contribution in [0.25, 0.3) is 0 Å². The van der Waals surface area contributed by atoms with Crippen LogP contribution >= 0.6 is 23.2 Å². The number of benzene rings is 2. The minimum atomic E-state index is -1.19. The lowest BCUT2D eigenvalue weighted by Gasteiger charge is -2.30. The Hall–Kier alpha value is -3.30. The van der Waals surface area contributed by atoms with E-state index in [2.05, 4.69) is 26.3 Å². The van der Waals surface area contributed by atoms with Crippen LogP contribution in [0.15, 0.2) is 47.5 Å². The fourth-order valence-electron chi connectivity index (χ4n) is 4.67. The minimum absolute atomic E-state index is 0.0170. The van der Waals surface area contributed by atoms with Crippen LogP contribution in [-0.4, -0.2) is 54.0 Å². The summed E-state index contributed by atoms with van der Waals surface area (Å²) in [6.45, 7) is 1.78. The summed E-state index contributed by atoms with van der Waals surface area (Å²) in [5.74, 6) is -1.06. The zero-order valence-corrected chi connectivity index (χ0v) is 22.3. The second-order valence-electron chi connectivity index (χ2n) is 9.55. The Morgan fingerprint density at radius 2 is 1.71 bits per heavy atom. The first kappa shape index (κ1) is 27.7. The predicted molar refractivity (Wildman–Crippen MR) is 148 cm³/mol. The van der Waals surface area contributed by atoms with Crippen molar-refractivity contribution in [1.29, 1.82) is 0 Å². The molecule has 0 saturated heterocycles. The molecule has 4 rings (SSSR count). The van der Waals surface area contributed by atoms with Crippen LogP contribution in [0.3, 0.4) is 0 Å². The number of carbonyl (C=O) groups is 3. The molecule has 0 spiro atoms. The van der Waals surface area contributed by atoms with Crippen LogP contribution in [0.4, 0.5) is 5.69 Å². The highest BCUT2D eigenvalue weighted by Crippen LogP contribution is 2.26. The highest BCUT2D eigenvalue weighted by molar-refractivity contribution is 6.39. The normalized spacial score (nSPS) is 19.9. The number of amides is 2. The van der Waals surface area contributed by atoms with Gasteiger partial charge in [-0.15, -0.1) is 0 Å². The zero-order chi connectivity index (χ0) is 27.1. The molecule has 1 heterocycles. The molecular weight excluding hydrogens is 529 g/mol. The SMILES string of the molecule is O=C(N[C@@H](Cc1ccc(NC(=O)[C@H]2CC[C@@H](NC3=NCCCN3)CC2)cc1)C(=O)O)c1c(Cl)cccc1Cl. The fourth-order valence-corrected chi connectivity index (χ4v) is 5.24. The van der Waals surface area contributed by atoms with Crippen molar-refractivity contribution >= 4 is 52.6 Å². The number of rotatable bonds is 8. The number of carbonyl (C=O) groups excluding carboxylic acids is 2. The number of nitrogens with zero attached hydrogens (tertiary/aromatic N) is 1. The number of nitrogens with one attached hydrogen (secondary N) is 4. The molecule has 1 saturated carbocycles. The third kappa shape index (κ3) is 7.39. The smallest absolute Gasteiger partial charge is 0.326 e. The average Bonchev–Trinajstić information content (AvgIpc) is 2.90. The molecule has 202 valence electrons. The van der Waals surface area contributed by atoms with Gasteiger partial charge < -0.3 is 26.4 Å². The fraction of sp³-hybridized carbons (Fsp3) is 0.407. The summed E-state index contributed by atoms with van der Waals surface area (Å²) in [6.07, 6.45) is 4.50. The molecule has 1 aliphatic heterocycles. The van der Waals surface area contributed by atoms with E-state index in [0.717, 1.165) is 51.2 Å². The highest BCUT2D eigenvalue weighted by Gasteiger charge is 2.27. The maximum atomic E-state index is 12.8. The number of carboxylic acids is 1. The standard InChI is InChI=1S/C27H31Cl2N5O4/c28-20-3-1-4-21(29)23(20)25(36)34-22(26(37)38)15-16-5-9-18(10-6-16)32-24(35)17-7-11-19(12-8-17)33-27-30-13-2-14-31-27/h1,3-6,9-10,17,19,22H,2,7-8,11-15H2,(H,32,35)(H,34,36)(H,37,38)(H2,30,31,33)/t17-,19+,22-/m0/s1. The number of aliphatic carboxylic acids is 1. The van der Waals surface area contributed by atoms with E-state index < -0.39 is 17.9 Å². The quantitative estimate of drug-likeness (QED) is 0.333. The molecule has 1 aliphatic carbocycles. The van der Waals surface area contributed by atoms with E-state index in [9.17, 15) is 19.5 Å². The van der Waals surface area contributed by atoms with Crippen molar-refractivity contribution in [2.45, 2.75) is 50.6 Å². The summed E-state index contributed by atoms with van der Waals surface area (Å²) >= 11 is 12.1. The molecule has 2 aromatic rings. The first-order valence-electron chi connectivity index (χ1n) is 12.7. The maximum Gasteiger partial charge on any atom is 0.326 e. The van der Waals surface area contributed by atoms with Gasteiger partial charge in [0.1, 0.15) is 6.04 Å². The molecule has 0 radical (unpaired) electrons. The van der Waals surface area contributed by atoms with Crippen molar-refractivity contribution in [1.82, 2.24) is 16.0 Å². The van der Waals surface area contributed by atoms with Gasteiger partial charge in [0.25, 0.3) is 5.91 Å². The second-order valence-corrected chi connectivity index (χ2v) is 10.4. The molecule has 1 fully saturated rings. The number of hydrogen-bond acceptors (Lipinski definition) is 6. The van der Waals surface area contributed by atoms with Crippen LogP contribution in [0.1, 0.15) is 48.0 Å². The van der Waals surface area contributed by atoms with E-state index in [1.165, 1.54) is 12.1 Å². The van der Waals surface area contributed by atoms with Gasteiger partial charge in [0, 0.05) is 37.2 Å². The monoisotopic (exact) mass is 559 g/mol. The van der Waals surface area contributed by atoms with Gasteiger partial charge in [0.15, 0.2) is 5.96 Å². The molecule has 9 nitrogen and oxygen atoms in total. The topological polar surface area (TPSA) is 132 Å². The molecule has 0 bridgehead atoms. The van der Waals surface area contributed by atoms with E-state index in [0.29, 0.717) is 17.3 Å². The third-order valence-corrected chi connectivity index (χ3v) is 7.42. The van der Waals surface area contributed by atoms with Crippen LogP contribution in [0, 0.1) is 5.92 Å². The number of carboxylic acid groups (broad SMARTS) is 1. The molecule has 5 N–H and O–H groups in total. The molecule has 0 unspecified atom stereocenters. The second kappa shape index (κ2) is 13.0. The predicted octanol–water partition coefficient (Wildman–Crippen LogP) is 3.86. The number of guanidine groups is 1. The van der Waals surface area contributed by atoms with E-state index in [-0.39, 0.29) is 33.9 Å². The number of anilines is 1. The summed E-state index contributed by atoms with van der Waals surface area (Å²) in [7, 11) is 0. The molecule has 0 aromatic heterocycles. The Bertz CT molecular complexity index is 1180. The molecule has 11 heteroatoms. The molecule has 2 amide bonds. The van der Waals surface area contributed by atoms with Crippen molar-refractivity contribution in [3.63, 3.8) is 0 Å². The highest BCUT2D eigenvalue weighted by atomic mass is 35.5. The van der Waals surface area contributed by atoms with Crippen molar-refractivity contribution in [2.24, 2.45) is 10.9 Å². The van der Waals surface area contributed by atoms with Gasteiger partial charge in [-0.2, -0.15) is 0 Å². The van der Waals surface area contributed by atoms with Gasteiger partial charge in [-0.3, -0.25) is 14.6 Å². The summed E-state index contributed by atoms with van der Waals surface area (Å²) in [5, 5.41) is 22.1. The van der Waals surface area contributed by atoms with Gasteiger partial charge in [-0.25, -0.2) is 4.79 Å². The van der Waals surface area contributed by atoms with E-state index in [1.807, 2.05) is 0 Å². The lowest BCUT2D eigenvalue weighted by molar-refractivity contribution is -0.139. The van der Waals surface area contributed by atoms with Gasteiger partial charge in [0.2, 0.25) is 5.91 Å². The van der Waals surface area contributed by atoms with Crippen LogP contribution in [0.5, 0.6) is 0 Å². The summed E-state index contributed by atoms with van der Waals surface area (Å²) < 4.78 is 0. The largest absolute Gasteiger partial charge is 0.480 e. The van der Waals surface area contributed by atoms with Gasteiger partial charge in [0.05, 0.1) is 15.6 Å². The molecule has 2 aromatic carbocycles. The van der Waals surface area contributed by atoms with Crippen molar-refractivity contribution in [3.05, 3.63) is 63.6 Å². The first-order valence-corrected chi connectivity index (χ1v) is 13.5. The lowest BCUT2D eigenvalue weighted by Crippen LogP contribution is -2.47. The summed E-state index contributed by atoms with van der Waals surface area (Å²) in [5.41, 5.74) is 1.36. The van der Waals surface area contributed by atoms with E-state index in [4.69, 9.17) is 23.2 Å². The van der Waals surface area contributed by atoms with Crippen LogP contribution in [0.2, 0.25) is 10.0 Å². The number of aliphatic imine (C=N–C) groups is 1.